The summed E-state index contributed by atoms with van der Waals surface area (Å²) in [5.41, 5.74) is 6.53. The molecule has 2 heterocycles. The summed E-state index contributed by atoms with van der Waals surface area (Å²) in [7, 11) is 0. The van der Waals surface area contributed by atoms with Crippen LogP contribution in [0.4, 0.5) is 5.69 Å². The van der Waals surface area contributed by atoms with E-state index in [9.17, 15) is 4.79 Å². The largest absolute Gasteiger partial charge is 0.396 e. The van der Waals surface area contributed by atoms with E-state index in [1.807, 2.05) is 13.1 Å². The smallest absolute Gasteiger partial charge is 0.271 e. The molecule has 2 aromatic heterocycles. The first-order chi connectivity index (χ1) is 9.11. The summed E-state index contributed by atoms with van der Waals surface area (Å²) < 4.78 is 4.23. The Balaban J connectivity index is 1.92. The molecular weight excluding hydrogens is 312 g/mol. The van der Waals surface area contributed by atoms with E-state index in [1.165, 1.54) is 6.20 Å². The van der Waals surface area contributed by atoms with Gasteiger partial charge in [0.2, 0.25) is 0 Å². The van der Waals surface area contributed by atoms with E-state index in [-0.39, 0.29) is 5.91 Å². The molecule has 3 N–H and O–H groups in total. The number of hydrogen-bond donors (Lipinski definition) is 2. The number of nitrogen functional groups attached to an aromatic ring is 1. The maximum Gasteiger partial charge on any atom is 0.271 e. The molecule has 0 aliphatic rings. The van der Waals surface area contributed by atoms with E-state index in [0.717, 1.165) is 4.47 Å². The molecule has 8 heteroatoms. The Morgan fingerprint density at radius 1 is 1.47 bits per heavy atom. The second kappa shape index (κ2) is 5.87. The maximum absolute atomic E-state index is 12.0. The summed E-state index contributed by atoms with van der Waals surface area (Å²) in [6.07, 6.45) is 5.03. The topological polar surface area (TPSA) is 90.8 Å². The molecule has 0 saturated heterocycles. The van der Waals surface area contributed by atoms with Crippen LogP contribution in [0.25, 0.3) is 0 Å². The zero-order valence-corrected chi connectivity index (χ0v) is 12.1. The molecule has 0 aromatic carbocycles. The highest BCUT2D eigenvalue weighted by atomic mass is 79.9. The molecule has 7 nitrogen and oxygen atoms in total. The van der Waals surface area contributed by atoms with Crippen LogP contribution in [-0.4, -0.2) is 32.0 Å². The third-order valence-electron chi connectivity index (χ3n) is 2.61. The Hall–Kier alpha value is -1.83. The quantitative estimate of drug-likeness (QED) is 0.853. The van der Waals surface area contributed by atoms with Gasteiger partial charge in [-0.1, -0.05) is 0 Å². The molecule has 0 unspecified atom stereocenters. The van der Waals surface area contributed by atoms with Gasteiger partial charge in [0, 0.05) is 19.3 Å². The highest BCUT2D eigenvalue weighted by Crippen LogP contribution is 2.10. The van der Waals surface area contributed by atoms with Crippen LogP contribution in [0.1, 0.15) is 17.4 Å². The van der Waals surface area contributed by atoms with Crippen LogP contribution >= 0.6 is 15.9 Å². The number of nitrogens with zero attached hydrogens (tertiary/aromatic N) is 4. The van der Waals surface area contributed by atoms with E-state index in [2.05, 4.69) is 31.4 Å². The summed E-state index contributed by atoms with van der Waals surface area (Å²) in [5, 5.41) is 10.9. The van der Waals surface area contributed by atoms with E-state index >= 15 is 0 Å². The molecule has 0 atom stereocenters. The zero-order chi connectivity index (χ0) is 13.8. The highest BCUT2D eigenvalue weighted by molar-refractivity contribution is 9.10. The number of nitrogens with one attached hydrogen (secondary N) is 1. The number of carbonyl (C=O) groups is 1. The van der Waals surface area contributed by atoms with Gasteiger partial charge in [-0.2, -0.15) is 10.2 Å². The SMILES string of the molecule is CCn1ncc(N)c1C(=O)NCCn1cc(Br)cn1. The minimum Gasteiger partial charge on any atom is -0.396 e. The van der Waals surface area contributed by atoms with Crippen molar-refractivity contribution in [3.8, 4) is 0 Å². The Bertz CT molecular complexity index is 576. The fourth-order valence-corrected chi connectivity index (χ4v) is 2.04. The van der Waals surface area contributed by atoms with Crippen LogP contribution < -0.4 is 11.1 Å². The van der Waals surface area contributed by atoms with Crippen molar-refractivity contribution < 1.29 is 4.79 Å². The van der Waals surface area contributed by atoms with Gasteiger partial charge in [-0.3, -0.25) is 14.2 Å². The monoisotopic (exact) mass is 326 g/mol. The van der Waals surface area contributed by atoms with Crippen LogP contribution in [0.3, 0.4) is 0 Å². The first-order valence-corrected chi connectivity index (χ1v) is 6.68. The average molecular weight is 327 g/mol. The molecule has 19 heavy (non-hydrogen) atoms. The number of anilines is 1. The molecule has 0 spiro atoms. The number of halogens is 1. The van der Waals surface area contributed by atoms with Crippen molar-refractivity contribution in [2.24, 2.45) is 0 Å². The van der Waals surface area contributed by atoms with Crippen molar-refractivity contribution in [3.63, 3.8) is 0 Å². The molecule has 2 rings (SSSR count). The molecular formula is C11H15BrN6O. The molecule has 0 saturated carbocycles. The van der Waals surface area contributed by atoms with Gasteiger partial charge in [-0.15, -0.1) is 0 Å². The minimum atomic E-state index is -0.219. The Morgan fingerprint density at radius 2 is 2.26 bits per heavy atom. The van der Waals surface area contributed by atoms with Crippen molar-refractivity contribution in [1.82, 2.24) is 24.9 Å². The predicted octanol–water partition coefficient (Wildman–Crippen LogP) is 0.874. The number of hydrogen-bond acceptors (Lipinski definition) is 4. The van der Waals surface area contributed by atoms with Crippen LogP contribution in [0.2, 0.25) is 0 Å². The minimum absolute atomic E-state index is 0.219. The van der Waals surface area contributed by atoms with E-state index in [0.29, 0.717) is 31.0 Å². The molecule has 0 bridgehead atoms. The second-order valence-electron chi connectivity index (χ2n) is 3.94. The Morgan fingerprint density at radius 3 is 2.89 bits per heavy atom. The average Bonchev–Trinajstić information content (AvgIpc) is 2.95. The number of nitrogens with two attached hydrogens (primary N) is 1. The first kappa shape index (κ1) is 13.6. The Labute approximate surface area is 118 Å². The molecule has 0 radical (unpaired) electrons. The van der Waals surface area contributed by atoms with Crippen molar-refractivity contribution in [2.75, 3.05) is 12.3 Å². The number of carbonyl (C=O) groups excluding carboxylic acids is 1. The van der Waals surface area contributed by atoms with Crippen LogP contribution in [-0.2, 0) is 13.1 Å². The number of amides is 1. The number of aryl methyl sites for hydroxylation is 1. The van der Waals surface area contributed by atoms with E-state index < -0.39 is 0 Å². The van der Waals surface area contributed by atoms with Gasteiger partial charge in [0.15, 0.2) is 0 Å². The number of rotatable bonds is 5. The first-order valence-electron chi connectivity index (χ1n) is 5.89. The maximum atomic E-state index is 12.0. The highest BCUT2D eigenvalue weighted by Gasteiger charge is 2.15. The molecule has 1 amide bonds. The summed E-state index contributed by atoms with van der Waals surface area (Å²) in [6, 6.07) is 0. The van der Waals surface area contributed by atoms with Crippen LogP contribution in [0.5, 0.6) is 0 Å². The summed E-state index contributed by atoms with van der Waals surface area (Å²) >= 11 is 3.31. The standard InChI is InChI=1S/C11H15BrN6O/c1-2-18-10(9(13)6-16-18)11(19)14-3-4-17-7-8(12)5-15-17/h5-7H,2-4,13H2,1H3,(H,14,19). The van der Waals surface area contributed by atoms with Crippen molar-refractivity contribution >= 4 is 27.5 Å². The fraction of sp³-hybridized carbons (Fsp3) is 0.364. The van der Waals surface area contributed by atoms with Gasteiger partial charge in [-0.05, 0) is 22.9 Å². The third-order valence-corrected chi connectivity index (χ3v) is 3.02. The predicted molar refractivity (Wildman–Crippen MR) is 74.6 cm³/mol. The molecule has 2 aromatic rings. The summed E-state index contributed by atoms with van der Waals surface area (Å²) in [5.74, 6) is -0.219. The lowest BCUT2D eigenvalue weighted by atomic mass is 10.3. The van der Waals surface area contributed by atoms with Gasteiger partial charge < -0.3 is 11.1 Å². The van der Waals surface area contributed by atoms with E-state index in [4.69, 9.17) is 5.73 Å². The Kier molecular flexibility index (Phi) is 4.20. The summed E-state index contributed by atoms with van der Waals surface area (Å²) in [6.45, 7) is 3.58. The lowest BCUT2D eigenvalue weighted by molar-refractivity contribution is 0.0942. The van der Waals surface area contributed by atoms with Crippen molar-refractivity contribution in [2.45, 2.75) is 20.0 Å². The van der Waals surface area contributed by atoms with Crippen LogP contribution in [0, 0.1) is 0 Å². The van der Waals surface area contributed by atoms with Gasteiger partial charge >= 0.3 is 0 Å². The van der Waals surface area contributed by atoms with Gasteiger partial charge in [-0.25, -0.2) is 0 Å². The molecule has 0 aliphatic heterocycles. The molecule has 102 valence electrons. The second-order valence-corrected chi connectivity index (χ2v) is 4.86. The van der Waals surface area contributed by atoms with Crippen molar-refractivity contribution in [1.29, 1.82) is 0 Å². The van der Waals surface area contributed by atoms with Crippen LogP contribution in [0.15, 0.2) is 23.1 Å². The fourth-order valence-electron chi connectivity index (χ4n) is 1.72. The normalized spacial score (nSPS) is 10.6. The van der Waals surface area contributed by atoms with Gasteiger partial charge in [0.25, 0.3) is 5.91 Å². The van der Waals surface area contributed by atoms with E-state index in [1.54, 1.807) is 15.6 Å². The number of aromatic nitrogens is 4. The van der Waals surface area contributed by atoms with Crippen molar-refractivity contribution in [3.05, 3.63) is 28.8 Å². The molecule has 0 aliphatic carbocycles. The zero-order valence-electron chi connectivity index (χ0n) is 10.5. The third kappa shape index (κ3) is 3.14. The lowest BCUT2D eigenvalue weighted by Crippen LogP contribution is -2.30. The molecule has 0 fully saturated rings. The van der Waals surface area contributed by atoms with Gasteiger partial charge in [0.05, 0.1) is 29.1 Å². The van der Waals surface area contributed by atoms with Gasteiger partial charge in [0.1, 0.15) is 5.69 Å². The summed E-state index contributed by atoms with van der Waals surface area (Å²) in [4.78, 5) is 12.0. The lowest BCUT2D eigenvalue weighted by Gasteiger charge is -2.07.